The molecule has 1 heterocycles. The highest BCUT2D eigenvalue weighted by Crippen LogP contribution is 2.34. The molecule has 0 saturated heterocycles. The van der Waals surface area contributed by atoms with Gasteiger partial charge in [0.1, 0.15) is 5.69 Å². The number of aromatic nitrogens is 1. The average molecular weight is 348 g/mol. The van der Waals surface area contributed by atoms with Crippen molar-refractivity contribution in [1.82, 2.24) is 4.98 Å². The van der Waals surface area contributed by atoms with E-state index in [1.807, 2.05) is 0 Å². The maximum atomic E-state index is 12.7. The molecular formula is C17H11Cl2NO3. The van der Waals surface area contributed by atoms with Crippen LogP contribution in [0.15, 0.2) is 42.5 Å². The fraction of sp³-hybridized carbons (Fsp3) is 0.0588. The zero-order chi connectivity index (χ0) is 16.6. The van der Waals surface area contributed by atoms with Gasteiger partial charge in [-0.15, -0.1) is 0 Å². The Bertz CT molecular complexity index is 931. The summed E-state index contributed by atoms with van der Waals surface area (Å²) in [6.07, 6.45) is 0. The first-order valence-electron chi connectivity index (χ1n) is 6.75. The summed E-state index contributed by atoms with van der Waals surface area (Å²) < 4.78 is 5.24. The number of ether oxygens (including phenoxy) is 1. The lowest BCUT2D eigenvalue weighted by Crippen LogP contribution is -2.08. The van der Waals surface area contributed by atoms with Crippen LogP contribution in [0.4, 0.5) is 0 Å². The van der Waals surface area contributed by atoms with Crippen molar-refractivity contribution in [1.29, 1.82) is 0 Å². The predicted octanol–water partition coefficient (Wildman–Crippen LogP) is 4.63. The van der Waals surface area contributed by atoms with Crippen molar-refractivity contribution in [3.8, 4) is 5.75 Å². The molecule has 116 valence electrons. The van der Waals surface area contributed by atoms with Crippen molar-refractivity contribution in [2.75, 3.05) is 0 Å². The molecule has 23 heavy (non-hydrogen) atoms. The van der Waals surface area contributed by atoms with Crippen LogP contribution in [0.1, 0.15) is 23.0 Å². The van der Waals surface area contributed by atoms with E-state index in [2.05, 4.69) is 4.98 Å². The molecule has 3 rings (SSSR count). The largest absolute Gasteiger partial charge is 0.424 e. The standard InChI is InChI=1S/C17H11Cl2NO3/c1-9(21)23-17-13-8-12(19)5-6-14(13)20-15(17)16(22)10-3-2-4-11(18)7-10/h2-8,20H,1H3. The van der Waals surface area contributed by atoms with Crippen LogP contribution in [-0.4, -0.2) is 16.7 Å². The summed E-state index contributed by atoms with van der Waals surface area (Å²) in [5, 5.41) is 1.49. The number of hydrogen-bond acceptors (Lipinski definition) is 3. The Hall–Kier alpha value is -2.30. The maximum Gasteiger partial charge on any atom is 0.308 e. The van der Waals surface area contributed by atoms with Gasteiger partial charge in [0.15, 0.2) is 5.75 Å². The highest BCUT2D eigenvalue weighted by molar-refractivity contribution is 6.32. The third kappa shape index (κ3) is 3.09. The van der Waals surface area contributed by atoms with Gasteiger partial charge in [0, 0.05) is 33.4 Å². The number of esters is 1. The van der Waals surface area contributed by atoms with Gasteiger partial charge in [-0.1, -0.05) is 35.3 Å². The van der Waals surface area contributed by atoms with Gasteiger partial charge in [-0.2, -0.15) is 0 Å². The van der Waals surface area contributed by atoms with Gasteiger partial charge in [0.25, 0.3) is 0 Å². The fourth-order valence-corrected chi connectivity index (χ4v) is 2.69. The molecule has 0 radical (unpaired) electrons. The minimum Gasteiger partial charge on any atom is -0.424 e. The van der Waals surface area contributed by atoms with Crippen LogP contribution in [0.2, 0.25) is 10.0 Å². The molecule has 0 spiro atoms. The summed E-state index contributed by atoms with van der Waals surface area (Å²) in [7, 11) is 0. The zero-order valence-electron chi connectivity index (χ0n) is 12.0. The Morgan fingerprint density at radius 1 is 1.04 bits per heavy atom. The number of halogens is 2. The monoisotopic (exact) mass is 347 g/mol. The summed E-state index contributed by atoms with van der Waals surface area (Å²) in [4.78, 5) is 27.1. The van der Waals surface area contributed by atoms with Crippen LogP contribution < -0.4 is 4.74 Å². The molecule has 0 bridgehead atoms. The fourth-order valence-electron chi connectivity index (χ4n) is 2.32. The van der Waals surface area contributed by atoms with Gasteiger partial charge in [-0.05, 0) is 30.3 Å². The van der Waals surface area contributed by atoms with E-state index in [4.69, 9.17) is 27.9 Å². The molecule has 0 saturated carbocycles. The van der Waals surface area contributed by atoms with E-state index in [1.165, 1.54) is 6.92 Å². The van der Waals surface area contributed by atoms with Crippen LogP contribution in [0, 0.1) is 0 Å². The SMILES string of the molecule is CC(=O)Oc1c(C(=O)c2cccc(Cl)c2)[nH]c2ccc(Cl)cc12. The average Bonchev–Trinajstić information content (AvgIpc) is 2.84. The third-order valence-electron chi connectivity index (χ3n) is 3.27. The van der Waals surface area contributed by atoms with Gasteiger partial charge < -0.3 is 9.72 Å². The Balaban J connectivity index is 2.19. The Kier molecular flexibility index (Phi) is 4.11. The number of rotatable bonds is 3. The first-order chi connectivity index (χ1) is 11.0. The number of hydrogen-bond donors (Lipinski definition) is 1. The Morgan fingerprint density at radius 2 is 1.78 bits per heavy atom. The molecule has 3 aromatic rings. The number of H-pyrrole nitrogens is 1. The summed E-state index contributed by atoms with van der Waals surface area (Å²) >= 11 is 11.9. The van der Waals surface area contributed by atoms with E-state index in [9.17, 15) is 9.59 Å². The predicted molar refractivity (Wildman–Crippen MR) is 89.5 cm³/mol. The third-order valence-corrected chi connectivity index (χ3v) is 3.74. The first kappa shape index (κ1) is 15.6. The molecule has 0 unspecified atom stereocenters. The smallest absolute Gasteiger partial charge is 0.308 e. The van der Waals surface area contributed by atoms with Crippen molar-refractivity contribution >= 4 is 45.9 Å². The second-order valence-corrected chi connectivity index (χ2v) is 5.83. The van der Waals surface area contributed by atoms with Crippen LogP contribution in [0.5, 0.6) is 5.75 Å². The zero-order valence-corrected chi connectivity index (χ0v) is 13.5. The number of ketones is 1. The maximum absolute atomic E-state index is 12.7. The number of carbonyl (C=O) groups is 2. The summed E-state index contributed by atoms with van der Waals surface area (Å²) in [5.41, 5.74) is 1.22. The lowest BCUT2D eigenvalue weighted by molar-refractivity contribution is -0.131. The minimum absolute atomic E-state index is 0.167. The van der Waals surface area contributed by atoms with Gasteiger partial charge in [0.05, 0.1) is 0 Å². The molecular weight excluding hydrogens is 337 g/mol. The van der Waals surface area contributed by atoms with Crippen molar-refractivity contribution in [3.63, 3.8) is 0 Å². The second kappa shape index (κ2) is 6.07. The highest BCUT2D eigenvalue weighted by Gasteiger charge is 2.22. The van der Waals surface area contributed by atoms with Crippen LogP contribution >= 0.6 is 23.2 Å². The second-order valence-electron chi connectivity index (χ2n) is 4.95. The van der Waals surface area contributed by atoms with E-state index in [0.717, 1.165) is 0 Å². The lowest BCUT2D eigenvalue weighted by atomic mass is 10.1. The number of nitrogens with one attached hydrogen (secondary N) is 1. The van der Waals surface area contributed by atoms with Crippen molar-refractivity contribution in [2.24, 2.45) is 0 Å². The molecule has 6 heteroatoms. The van der Waals surface area contributed by atoms with Crippen LogP contribution in [0.25, 0.3) is 10.9 Å². The van der Waals surface area contributed by atoms with Crippen LogP contribution in [-0.2, 0) is 4.79 Å². The van der Waals surface area contributed by atoms with E-state index in [-0.39, 0.29) is 17.2 Å². The van der Waals surface area contributed by atoms with Crippen molar-refractivity contribution in [3.05, 3.63) is 63.8 Å². The van der Waals surface area contributed by atoms with Gasteiger partial charge >= 0.3 is 5.97 Å². The molecule has 0 aliphatic heterocycles. The van der Waals surface area contributed by atoms with Gasteiger partial charge in [-0.3, -0.25) is 9.59 Å². The molecule has 1 N–H and O–H groups in total. The molecule has 0 aliphatic carbocycles. The molecule has 4 nitrogen and oxygen atoms in total. The molecule has 0 fully saturated rings. The quantitative estimate of drug-likeness (QED) is 0.555. The molecule has 2 aromatic carbocycles. The van der Waals surface area contributed by atoms with Crippen LogP contribution in [0.3, 0.4) is 0 Å². The molecule has 1 aromatic heterocycles. The van der Waals surface area contributed by atoms with Crippen molar-refractivity contribution in [2.45, 2.75) is 6.92 Å². The Labute approximate surface area is 142 Å². The van der Waals surface area contributed by atoms with E-state index < -0.39 is 5.97 Å². The van der Waals surface area contributed by atoms with Gasteiger partial charge in [-0.25, -0.2) is 0 Å². The first-order valence-corrected chi connectivity index (χ1v) is 7.51. The molecule has 0 atom stereocenters. The molecule has 0 amide bonds. The van der Waals surface area contributed by atoms with Crippen molar-refractivity contribution < 1.29 is 14.3 Å². The van der Waals surface area contributed by atoms with E-state index in [1.54, 1.807) is 42.5 Å². The number of aromatic amines is 1. The Morgan fingerprint density at radius 3 is 2.48 bits per heavy atom. The summed E-state index contributed by atoms with van der Waals surface area (Å²) in [6.45, 7) is 1.27. The minimum atomic E-state index is -0.522. The molecule has 0 aliphatic rings. The topological polar surface area (TPSA) is 59.2 Å². The number of fused-ring (bicyclic) bond motifs is 1. The number of carbonyl (C=O) groups excluding carboxylic acids is 2. The number of benzene rings is 2. The normalized spacial score (nSPS) is 10.7. The summed E-state index contributed by atoms with van der Waals surface area (Å²) in [6, 6.07) is 11.6. The lowest BCUT2D eigenvalue weighted by Gasteiger charge is -2.04. The van der Waals surface area contributed by atoms with E-state index in [0.29, 0.717) is 26.5 Å². The summed E-state index contributed by atoms with van der Waals surface area (Å²) in [5.74, 6) is -0.679. The van der Waals surface area contributed by atoms with Gasteiger partial charge in [0.2, 0.25) is 5.78 Å². The van der Waals surface area contributed by atoms with E-state index >= 15 is 0 Å². The highest BCUT2D eigenvalue weighted by atomic mass is 35.5.